The fourth-order valence-corrected chi connectivity index (χ4v) is 2.03. The van der Waals surface area contributed by atoms with Crippen molar-refractivity contribution in [3.63, 3.8) is 0 Å². The molecule has 1 aromatic heterocycles. The Morgan fingerprint density at radius 2 is 2.19 bits per heavy atom. The molecule has 88 valence electrons. The molecule has 1 aliphatic heterocycles. The third-order valence-electron chi connectivity index (χ3n) is 3.11. The van der Waals surface area contributed by atoms with Crippen LogP contribution in [0.25, 0.3) is 0 Å². The lowest BCUT2D eigenvalue weighted by Gasteiger charge is -2.12. The second-order valence-electron chi connectivity index (χ2n) is 4.29. The van der Waals surface area contributed by atoms with Crippen LogP contribution in [0.3, 0.4) is 0 Å². The van der Waals surface area contributed by atoms with Crippen molar-refractivity contribution in [2.24, 2.45) is 0 Å². The van der Waals surface area contributed by atoms with Crippen LogP contribution < -0.4 is 5.32 Å². The molecule has 2 heterocycles. The summed E-state index contributed by atoms with van der Waals surface area (Å²) in [6.07, 6.45) is 3.43. The highest BCUT2D eigenvalue weighted by atomic mass is 16.5. The van der Waals surface area contributed by atoms with Crippen LogP contribution in [-0.2, 0) is 11.2 Å². The summed E-state index contributed by atoms with van der Waals surface area (Å²) in [6, 6.07) is 0. The summed E-state index contributed by atoms with van der Waals surface area (Å²) in [5.41, 5.74) is 2.17. The van der Waals surface area contributed by atoms with E-state index < -0.39 is 0 Å². The van der Waals surface area contributed by atoms with Gasteiger partial charge in [0.25, 0.3) is 0 Å². The molecule has 0 aromatic carbocycles. The van der Waals surface area contributed by atoms with Gasteiger partial charge in [0, 0.05) is 31.3 Å². The van der Waals surface area contributed by atoms with Crippen molar-refractivity contribution in [1.82, 2.24) is 9.97 Å². The van der Waals surface area contributed by atoms with Gasteiger partial charge in [-0.15, -0.1) is 0 Å². The SMILES string of the molecule is CNc1nc(CC2CCCO2)nc(C)c1C. The van der Waals surface area contributed by atoms with Crippen molar-refractivity contribution in [3.05, 3.63) is 17.1 Å². The third-order valence-corrected chi connectivity index (χ3v) is 3.11. The maximum absolute atomic E-state index is 5.60. The van der Waals surface area contributed by atoms with Gasteiger partial charge in [-0.1, -0.05) is 0 Å². The third kappa shape index (κ3) is 2.32. The fourth-order valence-electron chi connectivity index (χ4n) is 2.03. The van der Waals surface area contributed by atoms with Crippen LogP contribution in [0.15, 0.2) is 0 Å². The van der Waals surface area contributed by atoms with E-state index in [2.05, 4.69) is 15.3 Å². The Balaban J connectivity index is 2.17. The number of aromatic nitrogens is 2. The minimum absolute atomic E-state index is 0.312. The van der Waals surface area contributed by atoms with Crippen molar-refractivity contribution in [1.29, 1.82) is 0 Å². The number of hydrogen-bond donors (Lipinski definition) is 1. The van der Waals surface area contributed by atoms with Gasteiger partial charge < -0.3 is 10.1 Å². The molecule has 1 fully saturated rings. The first kappa shape index (κ1) is 11.3. The first-order valence-corrected chi connectivity index (χ1v) is 5.84. The Kier molecular flexibility index (Phi) is 3.39. The van der Waals surface area contributed by atoms with Crippen LogP contribution in [0.1, 0.15) is 29.9 Å². The zero-order valence-electron chi connectivity index (χ0n) is 10.2. The van der Waals surface area contributed by atoms with E-state index in [0.717, 1.165) is 48.8 Å². The molecule has 16 heavy (non-hydrogen) atoms. The molecule has 0 spiro atoms. The first-order valence-electron chi connectivity index (χ1n) is 5.84. The molecular weight excluding hydrogens is 202 g/mol. The standard InChI is InChI=1S/C12H19N3O/c1-8-9(2)14-11(15-12(8)13-3)7-10-5-4-6-16-10/h10H,4-7H2,1-3H3,(H,13,14,15). The quantitative estimate of drug-likeness (QED) is 0.846. The Morgan fingerprint density at radius 1 is 1.38 bits per heavy atom. The van der Waals surface area contributed by atoms with Crippen LogP contribution in [0.2, 0.25) is 0 Å². The highest BCUT2D eigenvalue weighted by Gasteiger charge is 2.18. The van der Waals surface area contributed by atoms with Crippen LogP contribution in [0.4, 0.5) is 5.82 Å². The number of nitrogens with zero attached hydrogens (tertiary/aromatic N) is 2. The van der Waals surface area contributed by atoms with E-state index in [9.17, 15) is 0 Å². The zero-order valence-corrected chi connectivity index (χ0v) is 10.2. The second-order valence-corrected chi connectivity index (χ2v) is 4.29. The largest absolute Gasteiger partial charge is 0.378 e. The van der Waals surface area contributed by atoms with Gasteiger partial charge in [-0.05, 0) is 26.7 Å². The normalized spacial score (nSPS) is 20.1. The lowest BCUT2D eigenvalue weighted by Crippen LogP contribution is -2.13. The van der Waals surface area contributed by atoms with Crippen LogP contribution >= 0.6 is 0 Å². The van der Waals surface area contributed by atoms with E-state index >= 15 is 0 Å². The average Bonchev–Trinajstić information content (AvgIpc) is 2.76. The first-order chi connectivity index (χ1) is 7.70. The molecular formula is C12H19N3O. The zero-order chi connectivity index (χ0) is 11.5. The molecule has 1 saturated heterocycles. The topological polar surface area (TPSA) is 47.0 Å². The molecule has 0 saturated carbocycles. The smallest absolute Gasteiger partial charge is 0.133 e. The maximum Gasteiger partial charge on any atom is 0.133 e. The molecule has 1 aromatic rings. The Hall–Kier alpha value is -1.16. The Morgan fingerprint density at radius 3 is 2.81 bits per heavy atom. The summed E-state index contributed by atoms with van der Waals surface area (Å²) in [6.45, 7) is 4.95. The molecule has 0 radical (unpaired) electrons. The summed E-state index contributed by atoms with van der Waals surface area (Å²) < 4.78 is 5.60. The van der Waals surface area contributed by atoms with E-state index in [4.69, 9.17) is 4.74 Å². The highest BCUT2D eigenvalue weighted by Crippen LogP contribution is 2.19. The van der Waals surface area contributed by atoms with Crippen molar-refractivity contribution in [3.8, 4) is 0 Å². The molecule has 1 atom stereocenters. The summed E-state index contributed by atoms with van der Waals surface area (Å²) in [7, 11) is 1.89. The van der Waals surface area contributed by atoms with Gasteiger partial charge >= 0.3 is 0 Å². The van der Waals surface area contributed by atoms with Crippen molar-refractivity contribution in [2.75, 3.05) is 19.0 Å². The van der Waals surface area contributed by atoms with Crippen LogP contribution in [0.5, 0.6) is 0 Å². The number of ether oxygens (including phenoxy) is 1. The van der Waals surface area contributed by atoms with E-state index in [1.165, 1.54) is 0 Å². The Bertz CT molecular complexity index is 373. The summed E-state index contributed by atoms with van der Waals surface area (Å²) in [5.74, 6) is 1.82. The molecule has 2 rings (SSSR count). The number of nitrogens with one attached hydrogen (secondary N) is 1. The molecule has 1 N–H and O–H groups in total. The van der Waals surface area contributed by atoms with Crippen molar-refractivity contribution < 1.29 is 4.74 Å². The van der Waals surface area contributed by atoms with E-state index in [1.54, 1.807) is 0 Å². The number of rotatable bonds is 3. The minimum Gasteiger partial charge on any atom is -0.378 e. The summed E-state index contributed by atoms with van der Waals surface area (Å²) in [5, 5.41) is 3.11. The second kappa shape index (κ2) is 4.78. The van der Waals surface area contributed by atoms with Crippen molar-refractivity contribution in [2.45, 2.75) is 39.2 Å². The summed E-state index contributed by atoms with van der Waals surface area (Å²) >= 11 is 0. The predicted octanol–water partition coefficient (Wildman–Crippen LogP) is 1.86. The highest BCUT2D eigenvalue weighted by molar-refractivity contribution is 5.44. The van der Waals surface area contributed by atoms with Gasteiger partial charge in [-0.2, -0.15) is 0 Å². The molecule has 1 aliphatic rings. The number of anilines is 1. The fraction of sp³-hybridized carbons (Fsp3) is 0.667. The molecule has 0 amide bonds. The molecule has 4 nitrogen and oxygen atoms in total. The lowest BCUT2D eigenvalue weighted by molar-refractivity contribution is 0.110. The lowest BCUT2D eigenvalue weighted by atomic mass is 10.1. The molecule has 1 unspecified atom stereocenters. The van der Waals surface area contributed by atoms with Crippen LogP contribution in [0, 0.1) is 13.8 Å². The van der Waals surface area contributed by atoms with Crippen LogP contribution in [-0.4, -0.2) is 29.7 Å². The van der Waals surface area contributed by atoms with Gasteiger partial charge in [0.2, 0.25) is 0 Å². The number of hydrogen-bond acceptors (Lipinski definition) is 4. The minimum atomic E-state index is 0.312. The van der Waals surface area contributed by atoms with E-state index in [1.807, 2.05) is 20.9 Å². The molecule has 4 heteroatoms. The van der Waals surface area contributed by atoms with Gasteiger partial charge in [0.15, 0.2) is 0 Å². The maximum atomic E-state index is 5.60. The number of aryl methyl sites for hydroxylation is 1. The molecule has 0 bridgehead atoms. The monoisotopic (exact) mass is 221 g/mol. The van der Waals surface area contributed by atoms with Gasteiger partial charge in [0.05, 0.1) is 6.10 Å². The van der Waals surface area contributed by atoms with E-state index in [0.29, 0.717) is 6.10 Å². The van der Waals surface area contributed by atoms with Gasteiger partial charge in [-0.3, -0.25) is 0 Å². The average molecular weight is 221 g/mol. The van der Waals surface area contributed by atoms with E-state index in [-0.39, 0.29) is 0 Å². The van der Waals surface area contributed by atoms with Crippen molar-refractivity contribution >= 4 is 5.82 Å². The van der Waals surface area contributed by atoms with Gasteiger partial charge in [0.1, 0.15) is 11.6 Å². The Labute approximate surface area is 96.4 Å². The molecule has 0 aliphatic carbocycles. The summed E-state index contributed by atoms with van der Waals surface area (Å²) in [4.78, 5) is 9.03. The van der Waals surface area contributed by atoms with Gasteiger partial charge in [-0.25, -0.2) is 9.97 Å². The predicted molar refractivity (Wildman–Crippen MR) is 63.7 cm³/mol.